The third-order valence-electron chi connectivity index (χ3n) is 6.79. The van der Waals surface area contributed by atoms with Crippen molar-refractivity contribution in [1.29, 1.82) is 0 Å². The molecule has 2 aliphatic rings. The van der Waals surface area contributed by atoms with Crippen LogP contribution >= 0.6 is 0 Å². The van der Waals surface area contributed by atoms with Crippen molar-refractivity contribution in [2.24, 2.45) is 0 Å². The van der Waals surface area contributed by atoms with Crippen LogP contribution in [0.1, 0.15) is 65.2 Å². The van der Waals surface area contributed by atoms with E-state index < -0.39 is 0 Å². The van der Waals surface area contributed by atoms with Gasteiger partial charge in [0.25, 0.3) is 6.23 Å². The molecule has 0 amide bonds. The number of nitrogens with one attached hydrogen (secondary N) is 1. The lowest BCUT2D eigenvalue weighted by molar-refractivity contribution is 0.101. The Kier molecular flexibility index (Phi) is 8.11. The van der Waals surface area contributed by atoms with Crippen LogP contribution in [0.2, 0.25) is 0 Å². The minimum atomic E-state index is -0.00807. The first-order valence-corrected chi connectivity index (χ1v) is 12.8. The van der Waals surface area contributed by atoms with Gasteiger partial charge in [0.15, 0.2) is 23.1 Å². The molecule has 0 saturated heterocycles. The molecule has 2 heterocycles. The van der Waals surface area contributed by atoms with E-state index in [0.29, 0.717) is 0 Å². The Morgan fingerprint density at radius 3 is 2.18 bits per heavy atom. The van der Waals surface area contributed by atoms with Crippen molar-refractivity contribution >= 4 is 11.4 Å². The Bertz CT molecular complexity index is 927. The molecular weight excluding hydrogens is 408 g/mol. The molecule has 1 atom stereocenters. The number of benzene rings is 2. The number of fused-ring (bicyclic) bond motifs is 2. The molecule has 0 spiro atoms. The van der Waals surface area contributed by atoms with Crippen LogP contribution < -0.4 is 19.3 Å². The Morgan fingerprint density at radius 2 is 1.48 bits per heavy atom. The third kappa shape index (κ3) is 5.44. The average Bonchev–Trinajstić information content (AvgIpc) is 3.39. The summed E-state index contributed by atoms with van der Waals surface area (Å²) >= 11 is 0. The smallest absolute Gasteiger partial charge is 0.258 e. The van der Waals surface area contributed by atoms with Gasteiger partial charge in [0.05, 0.1) is 18.8 Å². The zero-order valence-electron chi connectivity index (χ0n) is 20.3. The largest absolute Gasteiger partial charge is 0.439 e. The van der Waals surface area contributed by atoms with Crippen LogP contribution in [0, 0.1) is 0 Å². The molecule has 1 unspecified atom stereocenters. The van der Waals surface area contributed by atoms with Crippen LogP contribution in [0.5, 0.6) is 11.5 Å². The highest BCUT2D eigenvalue weighted by molar-refractivity contribution is 5.64. The van der Waals surface area contributed by atoms with Crippen LogP contribution in [0.3, 0.4) is 0 Å². The minimum Gasteiger partial charge on any atom is -0.439 e. The summed E-state index contributed by atoms with van der Waals surface area (Å²) in [5.41, 5.74) is 2.36. The number of rotatable bonds is 12. The summed E-state index contributed by atoms with van der Waals surface area (Å²) in [6.45, 7) is 6.80. The monoisotopic (exact) mass is 447 g/mol. The number of allylic oxidation sites excluding steroid dienone is 2. The summed E-state index contributed by atoms with van der Waals surface area (Å²) in [4.78, 5) is 0. The molecule has 2 aromatic carbocycles. The zero-order valence-corrected chi connectivity index (χ0v) is 20.3. The first kappa shape index (κ1) is 23.4. The lowest BCUT2D eigenvalue weighted by Gasteiger charge is -2.37. The van der Waals surface area contributed by atoms with Gasteiger partial charge < -0.3 is 14.8 Å². The Hall–Kier alpha value is -2.72. The second-order valence-electron chi connectivity index (χ2n) is 9.22. The number of hydrogen-bond acceptors (Lipinski definition) is 3. The summed E-state index contributed by atoms with van der Waals surface area (Å²) < 4.78 is 13.4. The van der Waals surface area contributed by atoms with Gasteiger partial charge in [-0.15, -0.1) is 0 Å². The molecule has 0 saturated carbocycles. The summed E-state index contributed by atoms with van der Waals surface area (Å²) in [5.74, 6) is 2.67. The molecule has 1 N–H and O–H groups in total. The molecule has 4 rings (SSSR count). The van der Waals surface area contributed by atoms with Gasteiger partial charge in [-0.1, -0.05) is 69.9 Å². The van der Waals surface area contributed by atoms with E-state index in [0.717, 1.165) is 40.6 Å². The maximum atomic E-state index is 6.56. The highest BCUT2D eigenvalue weighted by Crippen LogP contribution is 2.44. The fraction of sp³-hybridized carbons (Fsp3) is 0.448. The molecule has 0 aromatic heterocycles. The minimum absolute atomic E-state index is 0.00807. The Labute approximate surface area is 199 Å². The maximum absolute atomic E-state index is 6.56. The normalized spacial score (nSPS) is 19.2. The molecule has 2 aromatic rings. The summed E-state index contributed by atoms with van der Waals surface area (Å²) in [6.07, 6.45) is 16.5. The molecule has 4 nitrogen and oxygen atoms in total. The fourth-order valence-electron chi connectivity index (χ4n) is 4.99. The first-order valence-electron chi connectivity index (χ1n) is 12.8. The molecule has 0 radical (unpaired) electrons. The third-order valence-corrected chi connectivity index (χ3v) is 6.79. The van der Waals surface area contributed by atoms with Crippen molar-refractivity contribution < 1.29 is 9.47 Å². The quantitative estimate of drug-likeness (QED) is 0.266. The van der Waals surface area contributed by atoms with Crippen LogP contribution in [-0.4, -0.2) is 19.3 Å². The highest BCUT2D eigenvalue weighted by atomic mass is 16.5. The van der Waals surface area contributed by atoms with Gasteiger partial charge in [0.2, 0.25) is 0 Å². The van der Waals surface area contributed by atoms with Gasteiger partial charge in [-0.3, -0.25) is 0 Å². The lowest BCUT2D eigenvalue weighted by Crippen LogP contribution is -2.56. The number of ether oxygens (including phenoxy) is 2. The lowest BCUT2D eigenvalue weighted by atomic mass is 10.1. The van der Waals surface area contributed by atoms with Crippen LogP contribution in [0.4, 0.5) is 11.4 Å². The highest BCUT2D eigenvalue weighted by Gasteiger charge is 2.46. The second-order valence-corrected chi connectivity index (χ2v) is 9.22. The van der Waals surface area contributed by atoms with E-state index in [1.54, 1.807) is 0 Å². The summed E-state index contributed by atoms with van der Waals surface area (Å²) in [5, 5.41) is 3.34. The van der Waals surface area contributed by atoms with Gasteiger partial charge in [-0.25, -0.2) is 4.48 Å². The standard InChI is InChI=1S/C29H39N2O2/c1-3-5-7-13-22-31(23-14-8-6-4-2)25-17-10-12-19-27(25)33-29(31)21-15-20-28-30-24-16-9-11-18-26(24)32-28/h9-12,15-21,29-30H,3-8,13-14,22-23H2,1-2H3/q+1. The average molecular weight is 448 g/mol. The van der Waals surface area contributed by atoms with E-state index in [4.69, 9.17) is 9.47 Å². The number of anilines is 1. The zero-order chi connectivity index (χ0) is 22.9. The van der Waals surface area contributed by atoms with E-state index >= 15 is 0 Å². The van der Waals surface area contributed by atoms with Crippen molar-refractivity contribution in [3.05, 3.63) is 72.6 Å². The first-order chi connectivity index (χ1) is 16.3. The van der Waals surface area contributed by atoms with Crippen LogP contribution in [0.25, 0.3) is 0 Å². The van der Waals surface area contributed by atoms with Gasteiger partial charge in [-0.2, -0.15) is 0 Å². The van der Waals surface area contributed by atoms with E-state index in [1.807, 2.05) is 30.3 Å². The Morgan fingerprint density at radius 1 is 0.818 bits per heavy atom. The van der Waals surface area contributed by atoms with Crippen molar-refractivity contribution in [2.75, 3.05) is 18.4 Å². The molecule has 4 heteroatoms. The molecule has 33 heavy (non-hydrogen) atoms. The number of nitrogens with zero attached hydrogens (tertiary/aromatic N) is 1. The second kappa shape index (κ2) is 11.4. The number of para-hydroxylation sites is 4. The Balaban J connectivity index is 1.54. The van der Waals surface area contributed by atoms with E-state index in [-0.39, 0.29) is 6.23 Å². The number of hydrogen-bond donors (Lipinski definition) is 1. The fourth-order valence-corrected chi connectivity index (χ4v) is 4.99. The van der Waals surface area contributed by atoms with E-state index in [9.17, 15) is 0 Å². The van der Waals surface area contributed by atoms with Crippen molar-refractivity contribution in [2.45, 2.75) is 71.4 Å². The van der Waals surface area contributed by atoms with Crippen molar-refractivity contribution in [3.8, 4) is 11.5 Å². The van der Waals surface area contributed by atoms with E-state index in [2.05, 4.69) is 55.6 Å². The molecule has 0 fully saturated rings. The van der Waals surface area contributed by atoms with Gasteiger partial charge >= 0.3 is 0 Å². The topological polar surface area (TPSA) is 30.5 Å². The molecule has 0 bridgehead atoms. The van der Waals surface area contributed by atoms with Crippen molar-refractivity contribution in [3.63, 3.8) is 0 Å². The molecule has 176 valence electrons. The summed E-state index contributed by atoms with van der Waals surface area (Å²) in [7, 11) is 0. The van der Waals surface area contributed by atoms with Crippen molar-refractivity contribution in [1.82, 2.24) is 4.48 Å². The predicted octanol–water partition coefficient (Wildman–Crippen LogP) is 7.78. The van der Waals surface area contributed by atoms with Gasteiger partial charge in [-0.05, 0) is 50.0 Å². The SMILES string of the molecule is CCCCCC[N+]1(CCCCCC)c2ccccc2OC1C=CC=C1Nc2ccccc2O1. The number of unbranched alkanes of at least 4 members (excludes halogenated alkanes) is 6. The van der Waals surface area contributed by atoms with Crippen LogP contribution in [0.15, 0.2) is 72.6 Å². The maximum Gasteiger partial charge on any atom is 0.258 e. The predicted molar refractivity (Wildman–Crippen MR) is 139 cm³/mol. The summed E-state index contributed by atoms with van der Waals surface area (Å²) in [6, 6.07) is 16.7. The molecular formula is C29H39N2O2+. The van der Waals surface area contributed by atoms with Gasteiger partial charge in [0, 0.05) is 12.1 Å². The molecule has 2 aliphatic heterocycles. The van der Waals surface area contributed by atoms with Gasteiger partial charge in [0.1, 0.15) is 0 Å². The van der Waals surface area contributed by atoms with Crippen LogP contribution in [-0.2, 0) is 0 Å². The molecule has 0 aliphatic carbocycles. The number of quaternary nitrogens is 1. The van der Waals surface area contributed by atoms with E-state index in [1.165, 1.54) is 57.1 Å².